The number of carbonyl (C=O) groups is 1. The largest absolute Gasteiger partial charge is 0.481 e. The summed E-state index contributed by atoms with van der Waals surface area (Å²) < 4.78 is 28.4. The first-order valence-corrected chi connectivity index (χ1v) is 5.52. The molecule has 19 heavy (non-hydrogen) atoms. The number of aliphatic carboxylic acids is 1. The summed E-state index contributed by atoms with van der Waals surface area (Å²) in [7, 11) is 0. The average Bonchev–Trinajstić information content (AvgIpc) is 2.77. The predicted octanol–water partition coefficient (Wildman–Crippen LogP) is 1.48. The molecule has 0 radical (unpaired) electrons. The Hall–Kier alpha value is -2.38. The lowest BCUT2D eigenvalue weighted by Gasteiger charge is -2.05. The van der Waals surface area contributed by atoms with Crippen LogP contribution in [0.2, 0.25) is 0 Å². The topological polar surface area (TPSA) is 80.9 Å². The molecule has 1 N–H and O–H groups in total. The highest BCUT2D eigenvalue weighted by Gasteiger charge is 2.17. The van der Waals surface area contributed by atoms with Crippen molar-refractivity contribution in [2.45, 2.75) is 19.4 Å². The van der Waals surface area contributed by atoms with Crippen molar-refractivity contribution in [2.24, 2.45) is 0 Å². The van der Waals surface area contributed by atoms with Crippen LogP contribution in [0, 0.1) is 11.6 Å². The van der Waals surface area contributed by atoms with Gasteiger partial charge in [0, 0.05) is 13.0 Å². The Morgan fingerprint density at radius 1 is 1.32 bits per heavy atom. The van der Waals surface area contributed by atoms with Gasteiger partial charge >= 0.3 is 5.97 Å². The molecule has 0 atom stereocenters. The first-order chi connectivity index (χ1) is 9.09. The summed E-state index contributed by atoms with van der Waals surface area (Å²) in [5, 5.41) is 19.1. The third-order valence-electron chi connectivity index (χ3n) is 2.48. The van der Waals surface area contributed by atoms with Gasteiger partial charge in [0.2, 0.25) is 0 Å². The van der Waals surface area contributed by atoms with Crippen LogP contribution >= 0.6 is 0 Å². The molecule has 0 aliphatic rings. The highest BCUT2D eigenvalue weighted by Crippen LogP contribution is 2.23. The molecule has 0 bridgehead atoms. The molecule has 0 spiro atoms. The average molecular weight is 268 g/mol. The quantitative estimate of drug-likeness (QED) is 0.888. The third kappa shape index (κ3) is 2.90. The fraction of sp³-hybridized carbons (Fsp3) is 0.273. The molecule has 0 aliphatic heterocycles. The molecule has 2 rings (SSSR count). The van der Waals surface area contributed by atoms with E-state index in [0.717, 1.165) is 12.1 Å². The molecule has 6 nitrogen and oxygen atoms in total. The SMILES string of the molecule is O=C(O)CCCn1nnnc1-c1c(F)cccc1F. The Morgan fingerprint density at radius 3 is 2.63 bits per heavy atom. The molecule has 0 aliphatic carbocycles. The maximum Gasteiger partial charge on any atom is 0.303 e. The van der Waals surface area contributed by atoms with Gasteiger partial charge in [-0.05, 0) is 29.0 Å². The Balaban J connectivity index is 2.26. The molecule has 8 heteroatoms. The predicted molar refractivity (Wildman–Crippen MR) is 60.0 cm³/mol. The van der Waals surface area contributed by atoms with Gasteiger partial charge in [0.05, 0.1) is 5.56 Å². The van der Waals surface area contributed by atoms with E-state index in [0.29, 0.717) is 0 Å². The van der Waals surface area contributed by atoms with Crippen molar-refractivity contribution in [3.05, 3.63) is 29.8 Å². The van der Waals surface area contributed by atoms with Crippen molar-refractivity contribution in [1.29, 1.82) is 0 Å². The fourth-order valence-corrected chi connectivity index (χ4v) is 1.63. The van der Waals surface area contributed by atoms with Crippen molar-refractivity contribution in [1.82, 2.24) is 20.2 Å². The fourth-order valence-electron chi connectivity index (χ4n) is 1.63. The number of rotatable bonds is 5. The molecule has 1 aromatic carbocycles. The van der Waals surface area contributed by atoms with Gasteiger partial charge in [-0.25, -0.2) is 13.5 Å². The second-order valence-corrected chi connectivity index (χ2v) is 3.82. The summed E-state index contributed by atoms with van der Waals surface area (Å²) in [4.78, 5) is 10.4. The molecule has 0 amide bonds. The zero-order valence-corrected chi connectivity index (χ0v) is 9.75. The van der Waals surface area contributed by atoms with Crippen molar-refractivity contribution < 1.29 is 18.7 Å². The van der Waals surface area contributed by atoms with Gasteiger partial charge < -0.3 is 5.11 Å². The number of nitrogens with zero attached hydrogens (tertiary/aromatic N) is 4. The smallest absolute Gasteiger partial charge is 0.303 e. The molecule has 100 valence electrons. The van der Waals surface area contributed by atoms with Crippen molar-refractivity contribution in [3.8, 4) is 11.4 Å². The normalized spacial score (nSPS) is 10.6. The Morgan fingerprint density at radius 2 is 2.00 bits per heavy atom. The van der Waals surface area contributed by atoms with Crippen LogP contribution in [0.15, 0.2) is 18.2 Å². The lowest BCUT2D eigenvalue weighted by Crippen LogP contribution is -2.07. The number of aryl methyl sites for hydroxylation is 1. The van der Waals surface area contributed by atoms with Crippen LogP contribution in [0.1, 0.15) is 12.8 Å². The minimum atomic E-state index is -0.952. The van der Waals surface area contributed by atoms with E-state index in [-0.39, 0.29) is 30.8 Å². The minimum Gasteiger partial charge on any atom is -0.481 e. The van der Waals surface area contributed by atoms with Crippen LogP contribution in [0.3, 0.4) is 0 Å². The van der Waals surface area contributed by atoms with Gasteiger partial charge in [-0.3, -0.25) is 4.79 Å². The van der Waals surface area contributed by atoms with Crippen LogP contribution in [-0.2, 0) is 11.3 Å². The number of carboxylic acid groups (broad SMARTS) is 1. The monoisotopic (exact) mass is 268 g/mol. The highest BCUT2D eigenvalue weighted by atomic mass is 19.1. The number of halogens is 2. The lowest BCUT2D eigenvalue weighted by atomic mass is 10.2. The van der Waals surface area contributed by atoms with Crippen molar-refractivity contribution >= 4 is 5.97 Å². The van der Waals surface area contributed by atoms with Gasteiger partial charge in [-0.2, -0.15) is 0 Å². The number of carboxylic acids is 1. The second-order valence-electron chi connectivity index (χ2n) is 3.82. The van der Waals surface area contributed by atoms with Crippen LogP contribution < -0.4 is 0 Å². The first kappa shape index (κ1) is 13.1. The van der Waals surface area contributed by atoms with Crippen LogP contribution in [-0.4, -0.2) is 31.3 Å². The molecule has 0 saturated heterocycles. The minimum absolute atomic E-state index is 0.0546. The zero-order chi connectivity index (χ0) is 13.8. The summed E-state index contributed by atoms with van der Waals surface area (Å²) in [5.74, 6) is -2.55. The standard InChI is InChI=1S/C11H10F2N4O2/c12-7-3-1-4-8(13)10(7)11-14-15-16-17(11)6-2-5-9(18)19/h1,3-4H,2,5-6H2,(H,18,19). The maximum absolute atomic E-state index is 13.6. The van der Waals surface area contributed by atoms with E-state index in [1.54, 1.807) is 0 Å². The van der Waals surface area contributed by atoms with E-state index in [4.69, 9.17) is 5.11 Å². The molecule has 1 heterocycles. The summed E-state index contributed by atoms with van der Waals surface area (Å²) >= 11 is 0. The number of tetrazole rings is 1. The Labute approximate surface area is 106 Å². The number of aromatic nitrogens is 4. The molecule has 1 aromatic heterocycles. The number of benzene rings is 1. The lowest BCUT2D eigenvalue weighted by molar-refractivity contribution is -0.137. The van der Waals surface area contributed by atoms with Crippen molar-refractivity contribution in [3.63, 3.8) is 0 Å². The molecule has 2 aromatic rings. The summed E-state index contributed by atoms with van der Waals surface area (Å²) in [5.41, 5.74) is -0.317. The van der Waals surface area contributed by atoms with Gasteiger partial charge in [0.15, 0.2) is 5.82 Å². The van der Waals surface area contributed by atoms with E-state index in [1.807, 2.05) is 0 Å². The van der Waals surface area contributed by atoms with E-state index >= 15 is 0 Å². The Bertz CT molecular complexity index is 580. The van der Waals surface area contributed by atoms with Crippen LogP contribution in [0.4, 0.5) is 8.78 Å². The molecule has 0 saturated carbocycles. The number of hydrogen-bond acceptors (Lipinski definition) is 4. The molecule has 0 unspecified atom stereocenters. The van der Waals surface area contributed by atoms with Gasteiger partial charge in [0.1, 0.15) is 11.6 Å². The highest BCUT2D eigenvalue weighted by molar-refractivity contribution is 5.66. The zero-order valence-electron chi connectivity index (χ0n) is 9.75. The van der Waals surface area contributed by atoms with E-state index in [2.05, 4.69) is 15.5 Å². The van der Waals surface area contributed by atoms with Gasteiger partial charge in [0.25, 0.3) is 0 Å². The van der Waals surface area contributed by atoms with E-state index < -0.39 is 17.6 Å². The maximum atomic E-state index is 13.6. The van der Waals surface area contributed by atoms with Gasteiger partial charge in [-0.1, -0.05) is 6.07 Å². The number of hydrogen-bond donors (Lipinski definition) is 1. The first-order valence-electron chi connectivity index (χ1n) is 5.52. The van der Waals surface area contributed by atoms with E-state index in [9.17, 15) is 13.6 Å². The van der Waals surface area contributed by atoms with Crippen LogP contribution in [0.25, 0.3) is 11.4 Å². The molecular formula is C11H10F2N4O2. The van der Waals surface area contributed by atoms with Crippen LogP contribution in [0.5, 0.6) is 0 Å². The summed E-state index contributed by atoms with van der Waals surface area (Å²) in [6.45, 7) is 0.169. The summed E-state index contributed by atoms with van der Waals surface area (Å²) in [6, 6.07) is 3.45. The second kappa shape index (κ2) is 5.51. The third-order valence-corrected chi connectivity index (χ3v) is 2.48. The van der Waals surface area contributed by atoms with Crippen molar-refractivity contribution in [2.75, 3.05) is 0 Å². The summed E-state index contributed by atoms with van der Waals surface area (Å²) in [6.07, 6.45) is 0.197. The Kier molecular flexibility index (Phi) is 3.79. The molecule has 0 fully saturated rings. The van der Waals surface area contributed by atoms with Gasteiger partial charge in [-0.15, -0.1) is 5.10 Å². The van der Waals surface area contributed by atoms with E-state index in [1.165, 1.54) is 10.7 Å². The molecular weight excluding hydrogens is 258 g/mol.